The zero-order chi connectivity index (χ0) is 17.9. The first-order valence-corrected chi connectivity index (χ1v) is 9.00. The summed E-state index contributed by atoms with van der Waals surface area (Å²) >= 11 is 3.17. The second kappa shape index (κ2) is 7.18. The van der Waals surface area contributed by atoms with Crippen molar-refractivity contribution in [2.24, 2.45) is 0 Å². The average Bonchev–Trinajstić information content (AvgIpc) is 2.51. The minimum Gasteiger partial charge on any atom is -0.492 e. The highest BCUT2D eigenvalue weighted by Gasteiger charge is 2.22. The van der Waals surface area contributed by atoms with Gasteiger partial charge in [0, 0.05) is 4.47 Å². The van der Waals surface area contributed by atoms with E-state index in [1.807, 2.05) is 0 Å². The Morgan fingerprint density at radius 3 is 2.62 bits per heavy atom. The number of hydrogen-bond acceptors (Lipinski definition) is 4. The topological polar surface area (TPSA) is 92.7 Å². The molecule has 2 aromatic rings. The van der Waals surface area contributed by atoms with Crippen LogP contribution < -0.4 is 9.46 Å². The SMILES string of the molecule is CCOc1ccc(Br)cc1S(=O)(=O)Nc1cc(C(=O)O)ccc1F. The third-order valence-corrected chi connectivity index (χ3v) is 4.83. The Hall–Kier alpha value is -2.13. The molecule has 0 unspecified atom stereocenters. The number of ether oxygens (including phenoxy) is 1. The Morgan fingerprint density at radius 1 is 1.29 bits per heavy atom. The Bertz CT molecular complexity index is 885. The molecule has 0 amide bonds. The smallest absolute Gasteiger partial charge is 0.335 e. The van der Waals surface area contributed by atoms with Crippen molar-refractivity contribution in [3.05, 3.63) is 52.3 Å². The predicted octanol–water partition coefficient (Wildman–Crippen LogP) is 3.49. The zero-order valence-corrected chi connectivity index (χ0v) is 14.8. The quantitative estimate of drug-likeness (QED) is 0.750. The van der Waals surface area contributed by atoms with Crippen LogP contribution >= 0.6 is 15.9 Å². The van der Waals surface area contributed by atoms with Crippen molar-refractivity contribution in [2.75, 3.05) is 11.3 Å². The molecule has 0 heterocycles. The van der Waals surface area contributed by atoms with Gasteiger partial charge < -0.3 is 9.84 Å². The number of benzene rings is 2. The van der Waals surface area contributed by atoms with Gasteiger partial charge in [-0.25, -0.2) is 17.6 Å². The molecule has 0 fully saturated rings. The van der Waals surface area contributed by atoms with Crippen molar-refractivity contribution in [1.29, 1.82) is 0 Å². The fourth-order valence-electron chi connectivity index (χ4n) is 1.90. The number of aromatic carboxylic acids is 1. The molecule has 2 aromatic carbocycles. The number of carbonyl (C=O) groups is 1. The van der Waals surface area contributed by atoms with Crippen LogP contribution in [0.3, 0.4) is 0 Å². The summed E-state index contributed by atoms with van der Waals surface area (Å²) in [5.74, 6) is -2.09. The van der Waals surface area contributed by atoms with Gasteiger partial charge >= 0.3 is 5.97 Å². The molecule has 24 heavy (non-hydrogen) atoms. The van der Waals surface area contributed by atoms with E-state index >= 15 is 0 Å². The maximum atomic E-state index is 13.8. The predicted molar refractivity (Wildman–Crippen MR) is 89.5 cm³/mol. The van der Waals surface area contributed by atoms with E-state index in [9.17, 15) is 17.6 Å². The molecule has 0 aliphatic heterocycles. The molecule has 0 aliphatic carbocycles. The van der Waals surface area contributed by atoms with Crippen LogP contribution in [0.1, 0.15) is 17.3 Å². The maximum Gasteiger partial charge on any atom is 0.335 e. The van der Waals surface area contributed by atoms with Crippen LogP contribution in [0, 0.1) is 5.82 Å². The summed E-state index contributed by atoms with van der Waals surface area (Å²) in [6.07, 6.45) is 0. The van der Waals surface area contributed by atoms with Crippen molar-refractivity contribution >= 4 is 37.6 Å². The van der Waals surface area contributed by atoms with Crippen molar-refractivity contribution in [2.45, 2.75) is 11.8 Å². The van der Waals surface area contributed by atoms with E-state index < -0.39 is 27.5 Å². The third kappa shape index (κ3) is 4.04. The average molecular weight is 418 g/mol. The van der Waals surface area contributed by atoms with E-state index in [1.165, 1.54) is 12.1 Å². The zero-order valence-electron chi connectivity index (χ0n) is 12.4. The summed E-state index contributed by atoms with van der Waals surface area (Å²) in [4.78, 5) is 10.8. The van der Waals surface area contributed by atoms with E-state index in [2.05, 4.69) is 20.7 Å². The highest BCUT2D eigenvalue weighted by molar-refractivity contribution is 9.10. The number of sulfonamides is 1. The highest BCUT2D eigenvalue weighted by Crippen LogP contribution is 2.30. The van der Waals surface area contributed by atoms with Gasteiger partial charge in [0.2, 0.25) is 0 Å². The summed E-state index contributed by atoms with van der Waals surface area (Å²) in [6.45, 7) is 1.94. The van der Waals surface area contributed by atoms with E-state index in [0.717, 1.165) is 18.2 Å². The number of hydrogen-bond donors (Lipinski definition) is 2. The van der Waals surface area contributed by atoms with Crippen LogP contribution in [-0.2, 0) is 10.0 Å². The Kier molecular flexibility index (Phi) is 5.45. The van der Waals surface area contributed by atoms with Crippen LogP contribution in [0.2, 0.25) is 0 Å². The minimum absolute atomic E-state index is 0.1000. The van der Waals surface area contributed by atoms with Crippen molar-refractivity contribution < 1.29 is 27.4 Å². The van der Waals surface area contributed by atoms with Gasteiger partial charge in [0.1, 0.15) is 16.5 Å². The number of carboxylic acids is 1. The largest absolute Gasteiger partial charge is 0.492 e. The van der Waals surface area contributed by atoms with Crippen molar-refractivity contribution in [1.82, 2.24) is 0 Å². The van der Waals surface area contributed by atoms with E-state index in [1.54, 1.807) is 13.0 Å². The molecule has 0 radical (unpaired) electrons. The molecule has 0 saturated carbocycles. The lowest BCUT2D eigenvalue weighted by Crippen LogP contribution is -2.16. The van der Waals surface area contributed by atoms with Gasteiger partial charge in [-0.2, -0.15) is 0 Å². The summed E-state index contributed by atoms with van der Waals surface area (Å²) in [6, 6.07) is 7.22. The molecule has 0 atom stereocenters. The lowest BCUT2D eigenvalue weighted by atomic mass is 10.2. The summed E-state index contributed by atoms with van der Waals surface area (Å²) < 4.78 is 46.8. The molecule has 0 spiro atoms. The number of halogens is 2. The molecule has 2 N–H and O–H groups in total. The van der Waals surface area contributed by atoms with Crippen LogP contribution in [0.5, 0.6) is 5.75 Å². The Morgan fingerprint density at radius 2 is 2.00 bits per heavy atom. The molecular formula is C15H13BrFNO5S. The number of nitrogens with one attached hydrogen (secondary N) is 1. The lowest BCUT2D eigenvalue weighted by Gasteiger charge is -2.13. The normalized spacial score (nSPS) is 11.1. The molecule has 2 rings (SSSR count). The molecule has 0 aromatic heterocycles. The first-order chi connectivity index (χ1) is 11.2. The van der Waals surface area contributed by atoms with Gasteiger partial charge in [-0.15, -0.1) is 0 Å². The first kappa shape index (κ1) is 18.2. The third-order valence-electron chi connectivity index (χ3n) is 2.95. The summed E-state index contributed by atoms with van der Waals surface area (Å²) in [5, 5.41) is 8.94. The van der Waals surface area contributed by atoms with Crippen molar-refractivity contribution in [3.8, 4) is 5.75 Å². The van der Waals surface area contributed by atoms with E-state index in [4.69, 9.17) is 9.84 Å². The van der Waals surface area contributed by atoms with Crippen LogP contribution in [0.15, 0.2) is 45.8 Å². The first-order valence-electron chi connectivity index (χ1n) is 6.72. The van der Waals surface area contributed by atoms with E-state index in [0.29, 0.717) is 4.47 Å². The molecule has 6 nitrogen and oxygen atoms in total. The van der Waals surface area contributed by atoms with Gasteiger partial charge in [-0.05, 0) is 43.3 Å². The molecular weight excluding hydrogens is 405 g/mol. The van der Waals surface area contributed by atoms with Gasteiger partial charge in [0.05, 0.1) is 17.9 Å². The van der Waals surface area contributed by atoms with Gasteiger partial charge in [0.15, 0.2) is 0 Å². The Labute approximate surface area is 146 Å². The minimum atomic E-state index is -4.19. The standard InChI is InChI=1S/C15H13BrFNO5S/c1-2-23-13-6-4-10(16)8-14(13)24(21,22)18-12-7-9(15(19)20)3-5-11(12)17/h3-8,18H,2H2,1H3,(H,19,20). The summed E-state index contributed by atoms with van der Waals surface area (Å²) in [7, 11) is -4.19. The number of anilines is 1. The monoisotopic (exact) mass is 417 g/mol. The number of rotatable bonds is 6. The fraction of sp³-hybridized carbons (Fsp3) is 0.133. The fourth-order valence-corrected chi connectivity index (χ4v) is 3.65. The van der Waals surface area contributed by atoms with Crippen LogP contribution in [-0.4, -0.2) is 26.1 Å². The van der Waals surface area contributed by atoms with E-state index in [-0.39, 0.29) is 22.8 Å². The summed E-state index contributed by atoms with van der Waals surface area (Å²) in [5.41, 5.74) is -0.703. The maximum absolute atomic E-state index is 13.8. The van der Waals surface area contributed by atoms with Crippen LogP contribution in [0.25, 0.3) is 0 Å². The lowest BCUT2D eigenvalue weighted by molar-refractivity contribution is 0.0697. The second-order valence-corrected chi connectivity index (χ2v) is 7.20. The molecule has 9 heteroatoms. The van der Waals surface area contributed by atoms with Crippen molar-refractivity contribution in [3.63, 3.8) is 0 Å². The Balaban J connectivity index is 2.48. The van der Waals surface area contributed by atoms with Crippen LogP contribution in [0.4, 0.5) is 10.1 Å². The molecule has 0 saturated heterocycles. The molecule has 0 aliphatic rings. The molecule has 128 valence electrons. The van der Waals surface area contributed by atoms with Gasteiger partial charge in [-0.3, -0.25) is 4.72 Å². The van der Waals surface area contributed by atoms with Gasteiger partial charge in [-0.1, -0.05) is 15.9 Å². The molecule has 0 bridgehead atoms. The number of carboxylic acid groups (broad SMARTS) is 1. The second-order valence-electron chi connectivity index (χ2n) is 4.63. The van der Waals surface area contributed by atoms with Gasteiger partial charge in [0.25, 0.3) is 10.0 Å². The highest BCUT2D eigenvalue weighted by atomic mass is 79.9.